The van der Waals surface area contributed by atoms with Gasteiger partial charge in [0.15, 0.2) is 0 Å². The van der Waals surface area contributed by atoms with Crippen LogP contribution in [0, 0.1) is 0 Å². The summed E-state index contributed by atoms with van der Waals surface area (Å²) in [5.41, 5.74) is 2.28. The van der Waals surface area contributed by atoms with Crippen LogP contribution in [0.2, 0.25) is 0 Å². The molecule has 0 unspecified atom stereocenters. The van der Waals surface area contributed by atoms with E-state index < -0.39 is 0 Å². The zero-order chi connectivity index (χ0) is 18.6. The average molecular weight is 354 g/mol. The van der Waals surface area contributed by atoms with Crippen LogP contribution >= 0.6 is 0 Å². The molecule has 1 saturated heterocycles. The maximum atomic E-state index is 12.1. The van der Waals surface area contributed by atoms with E-state index in [1.807, 2.05) is 6.07 Å². The summed E-state index contributed by atoms with van der Waals surface area (Å²) in [6.45, 7) is 13.1. The lowest BCUT2D eigenvalue weighted by atomic mass is 9.92. The minimum atomic E-state index is -0.0431. The van der Waals surface area contributed by atoms with E-state index in [9.17, 15) is 4.79 Å². The molecule has 1 fully saturated rings. The molecule has 0 aliphatic carbocycles. The molecule has 1 aliphatic rings. The van der Waals surface area contributed by atoms with Gasteiger partial charge in [0.2, 0.25) is 0 Å². The summed E-state index contributed by atoms with van der Waals surface area (Å²) in [4.78, 5) is 17.0. The predicted octanol–water partition coefficient (Wildman–Crippen LogP) is 2.36. The number of rotatable bonds is 5. The number of aromatic nitrogens is 2. The molecule has 0 radical (unpaired) electrons. The molecule has 0 saturated carbocycles. The first-order valence-corrected chi connectivity index (χ1v) is 9.49. The molecule has 2 heterocycles. The molecule has 0 N–H and O–H groups in total. The summed E-state index contributed by atoms with van der Waals surface area (Å²) in [5, 5.41) is 4.57. The van der Waals surface area contributed by atoms with Crippen LogP contribution in [-0.4, -0.2) is 52.3 Å². The predicted molar refractivity (Wildman–Crippen MR) is 105 cm³/mol. The zero-order valence-corrected chi connectivity index (χ0v) is 16.2. The molecule has 140 valence electrons. The fraction of sp³-hybridized carbons (Fsp3) is 0.524. The first-order chi connectivity index (χ1) is 12.4. The highest BCUT2D eigenvalue weighted by atomic mass is 16.1. The number of piperazine rings is 1. The van der Waals surface area contributed by atoms with E-state index >= 15 is 0 Å². The van der Waals surface area contributed by atoms with Crippen molar-refractivity contribution >= 4 is 0 Å². The van der Waals surface area contributed by atoms with Crippen LogP contribution < -0.4 is 5.56 Å². The fourth-order valence-electron chi connectivity index (χ4n) is 3.26. The second-order valence-corrected chi connectivity index (χ2v) is 8.13. The maximum absolute atomic E-state index is 12.1. The second-order valence-electron chi connectivity index (χ2n) is 8.13. The van der Waals surface area contributed by atoms with Gasteiger partial charge in [0, 0.05) is 50.7 Å². The van der Waals surface area contributed by atoms with E-state index in [1.54, 1.807) is 10.7 Å². The van der Waals surface area contributed by atoms with Gasteiger partial charge in [-0.3, -0.25) is 14.6 Å². The lowest BCUT2D eigenvalue weighted by molar-refractivity contribution is 0.122. The third kappa shape index (κ3) is 5.02. The summed E-state index contributed by atoms with van der Waals surface area (Å²) in [7, 11) is 0. The topological polar surface area (TPSA) is 41.4 Å². The van der Waals surface area contributed by atoms with Gasteiger partial charge in [-0.25, -0.2) is 4.68 Å². The molecule has 5 heteroatoms. The molecule has 1 aromatic carbocycles. The molecule has 3 rings (SSSR count). The Bertz CT molecular complexity index is 756. The van der Waals surface area contributed by atoms with E-state index in [0.29, 0.717) is 6.54 Å². The molecule has 2 aromatic rings. The number of benzene rings is 1. The molecule has 0 bridgehead atoms. The van der Waals surface area contributed by atoms with Crippen molar-refractivity contribution in [1.82, 2.24) is 19.6 Å². The number of hydrogen-bond acceptors (Lipinski definition) is 4. The zero-order valence-electron chi connectivity index (χ0n) is 16.2. The SMILES string of the molecule is CC(C)(C)c1ccc(=O)n(CCN2CCN(Cc3ccccc3)CC2)n1. The first kappa shape index (κ1) is 18.8. The highest BCUT2D eigenvalue weighted by Gasteiger charge is 2.19. The Balaban J connectivity index is 1.50. The van der Waals surface area contributed by atoms with Gasteiger partial charge in [0.05, 0.1) is 12.2 Å². The van der Waals surface area contributed by atoms with Crippen molar-refractivity contribution in [3.8, 4) is 0 Å². The van der Waals surface area contributed by atoms with E-state index in [2.05, 4.69) is 66.0 Å². The molecule has 0 atom stereocenters. The third-order valence-corrected chi connectivity index (χ3v) is 4.98. The van der Waals surface area contributed by atoms with Crippen LogP contribution in [0.3, 0.4) is 0 Å². The Morgan fingerprint density at radius 3 is 2.19 bits per heavy atom. The van der Waals surface area contributed by atoms with Crippen LogP contribution in [0.4, 0.5) is 0 Å². The van der Waals surface area contributed by atoms with Gasteiger partial charge in [0.25, 0.3) is 5.56 Å². The van der Waals surface area contributed by atoms with Gasteiger partial charge >= 0.3 is 0 Å². The fourth-order valence-corrected chi connectivity index (χ4v) is 3.26. The van der Waals surface area contributed by atoms with Gasteiger partial charge in [-0.2, -0.15) is 5.10 Å². The summed E-state index contributed by atoms with van der Waals surface area (Å²) in [6, 6.07) is 14.1. The van der Waals surface area contributed by atoms with Gasteiger partial charge in [-0.05, 0) is 11.6 Å². The lowest BCUT2D eigenvalue weighted by Crippen LogP contribution is -2.47. The van der Waals surface area contributed by atoms with Crippen molar-refractivity contribution in [2.45, 2.75) is 39.3 Å². The average Bonchev–Trinajstić information content (AvgIpc) is 2.62. The minimum absolute atomic E-state index is 0.0132. The van der Waals surface area contributed by atoms with E-state index in [-0.39, 0.29) is 11.0 Å². The van der Waals surface area contributed by atoms with E-state index in [0.717, 1.165) is 45.0 Å². The molecule has 1 aromatic heterocycles. The monoisotopic (exact) mass is 354 g/mol. The Morgan fingerprint density at radius 2 is 1.54 bits per heavy atom. The first-order valence-electron chi connectivity index (χ1n) is 9.49. The Morgan fingerprint density at radius 1 is 0.885 bits per heavy atom. The summed E-state index contributed by atoms with van der Waals surface area (Å²) in [6.07, 6.45) is 0. The van der Waals surface area contributed by atoms with Crippen molar-refractivity contribution < 1.29 is 0 Å². The van der Waals surface area contributed by atoms with Gasteiger partial charge in [0.1, 0.15) is 0 Å². The summed E-state index contributed by atoms with van der Waals surface area (Å²) in [5.74, 6) is 0. The van der Waals surface area contributed by atoms with Gasteiger partial charge < -0.3 is 0 Å². The van der Waals surface area contributed by atoms with Crippen LogP contribution in [0.15, 0.2) is 47.3 Å². The Labute approximate surface area is 156 Å². The van der Waals surface area contributed by atoms with Crippen LogP contribution in [0.5, 0.6) is 0 Å². The molecule has 5 nitrogen and oxygen atoms in total. The third-order valence-electron chi connectivity index (χ3n) is 4.98. The Hall–Kier alpha value is -1.98. The summed E-state index contributed by atoms with van der Waals surface area (Å²) >= 11 is 0. The van der Waals surface area contributed by atoms with Crippen LogP contribution in [-0.2, 0) is 18.5 Å². The second kappa shape index (κ2) is 8.14. The standard InChI is InChI=1S/C21H30N4O/c1-21(2,3)19-9-10-20(26)25(22-19)16-15-23-11-13-24(14-12-23)17-18-7-5-4-6-8-18/h4-10H,11-17H2,1-3H3. The van der Waals surface area contributed by atoms with Crippen molar-refractivity contribution in [3.05, 3.63) is 64.1 Å². The molecule has 1 aliphatic heterocycles. The number of nitrogens with zero attached hydrogens (tertiary/aromatic N) is 4. The van der Waals surface area contributed by atoms with Crippen LogP contribution in [0.25, 0.3) is 0 Å². The summed E-state index contributed by atoms with van der Waals surface area (Å²) < 4.78 is 1.62. The van der Waals surface area contributed by atoms with Crippen molar-refractivity contribution in [2.75, 3.05) is 32.7 Å². The highest BCUT2D eigenvalue weighted by Crippen LogP contribution is 2.18. The lowest BCUT2D eigenvalue weighted by Gasteiger charge is -2.34. The molecule has 0 amide bonds. The quantitative estimate of drug-likeness (QED) is 0.827. The normalized spacial score (nSPS) is 16.7. The van der Waals surface area contributed by atoms with Crippen LogP contribution in [0.1, 0.15) is 32.0 Å². The smallest absolute Gasteiger partial charge is 0.266 e. The Kier molecular flexibility index (Phi) is 5.89. The molecular formula is C21H30N4O. The highest BCUT2D eigenvalue weighted by molar-refractivity contribution is 5.14. The van der Waals surface area contributed by atoms with Gasteiger partial charge in [-0.1, -0.05) is 51.1 Å². The largest absolute Gasteiger partial charge is 0.299 e. The van der Waals surface area contributed by atoms with E-state index in [4.69, 9.17) is 0 Å². The molecule has 0 spiro atoms. The van der Waals surface area contributed by atoms with Crippen molar-refractivity contribution in [1.29, 1.82) is 0 Å². The van der Waals surface area contributed by atoms with Gasteiger partial charge in [-0.15, -0.1) is 0 Å². The number of hydrogen-bond donors (Lipinski definition) is 0. The van der Waals surface area contributed by atoms with E-state index in [1.165, 1.54) is 5.56 Å². The van der Waals surface area contributed by atoms with Crippen molar-refractivity contribution in [2.24, 2.45) is 0 Å². The molecular weight excluding hydrogens is 324 g/mol. The maximum Gasteiger partial charge on any atom is 0.266 e. The minimum Gasteiger partial charge on any atom is -0.299 e. The molecule has 26 heavy (non-hydrogen) atoms. The van der Waals surface area contributed by atoms with Crippen molar-refractivity contribution in [3.63, 3.8) is 0 Å².